The molecule has 13 heteroatoms. The lowest BCUT2D eigenvalue weighted by Gasteiger charge is -2.17. The van der Waals surface area contributed by atoms with Crippen LogP contribution in [0.4, 0.5) is 29.6 Å². The van der Waals surface area contributed by atoms with Gasteiger partial charge in [-0.1, -0.05) is 5.21 Å². The number of amides is 1. The molecule has 4 rings (SSSR count). The summed E-state index contributed by atoms with van der Waals surface area (Å²) in [6.45, 7) is 2.72. The highest BCUT2D eigenvalue weighted by molar-refractivity contribution is 5.69. The standard InChI is InChI=1S/C20H20F3N7O3/c1-12-6-15(25-18(7-12)26-17-8-13(2-3-24-17)20(21,22)23)16-11-30(28-27-16)10-14(31)9-29-4-5-33-19(29)32/h2-3,6-8,11,14,31H,4-5,9-10H2,1H3,(H,24,25,26). The average Bonchev–Trinajstić information content (AvgIpc) is 3.36. The number of alkyl halides is 3. The fraction of sp³-hybridized carbons (Fsp3) is 0.350. The third-order valence-electron chi connectivity index (χ3n) is 4.79. The van der Waals surface area contributed by atoms with E-state index in [-0.39, 0.29) is 18.9 Å². The number of aliphatic hydroxyl groups is 1. The summed E-state index contributed by atoms with van der Waals surface area (Å²) in [4.78, 5) is 21.2. The molecule has 1 atom stereocenters. The second kappa shape index (κ2) is 9.02. The van der Waals surface area contributed by atoms with Crippen molar-refractivity contribution in [3.63, 3.8) is 0 Å². The van der Waals surface area contributed by atoms with Gasteiger partial charge in [-0.05, 0) is 36.8 Å². The van der Waals surface area contributed by atoms with Gasteiger partial charge in [-0.2, -0.15) is 13.2 Å². The van der Waals surface area contributed by atoms with Gasteiger partial charge in [0, 0.05) is 6.20 Å². The molecular weight excluding hydrogens is 443 g/mol. The summed E-state index contributed by atoms with van der Waals surface area (Å²) in [5.74, 6) is 0.292. The molecule has 0 aromatic carbocycles. The van der Waals surface area contributed by atoms with Gasteiger partial charge in [-0.15, -0.1) is 5.10 Å². The van der Waals surface area contributed by atoms with Crippen LogP contribution in [0.5, 0.6) is 0 Å². The van der Waals surface area contributed by atoms with Crippen molar-refractivity contribution in [3.8, 4) is 11.4 Å². The number of hydrogen-bond acceptors (Lipinski definition) is 8. The number of rotatable bonds is 7. The first-order chi connectivity index (χ1) is 15.7. The summed E-state index contributed by atoms with van der Waals surface area (Å²) in [5, 5.41) is 21.1. The van der Waals surface area contributed by atoms with E-state index >= 15 is 0 Å². The number of anilines is 2. The molecule has 0 aliphatic carbocycles. The molecule has 0 radical (unpaired) electrons. The number of β-amino-alcohol motifs (C(OH)–C–C–N with tert-alkyl or cyclic N) is 1. The third-order valence-corrected chi connectivity index (χ3v) is 4.79. The number of nitrogens with zero attached hydrogens (tertiary/aromatic N) is 6. The Morgan fingerprint density at radius 1 is 1.21 bits per heavy atom. The van der Waals surface area contributed by atoms with Crippen LogP contribution in [-0.2, 0) is 17.5 Å². The van der Waals surface area contributed by atoms with Crippen LogP contribution in [-0.4, -0.2) is 66.9 Å². The second-order valence-electron chi connectivity index (χ2n) is 7.51. The van der Waals surface area contributed by atoms with Gasteiger partial charge in [0.1, 0.15) is 23.9 Å². The smallest absolute Gasteiger partial charge is 0.416 e. The number of aromatic nitrogens is 5. The molecule has 33 heavy (non-hydrogen) atoms. The van der Waals surface area contributed by atoms with E-state index < -0.39 is 23.9 Å². The normalized spacial score (nSPS) is 14.9. The molecule has 1 amide bonds. The first-order valence-corrected chi connectivity index (χ1v) is 9.96. The van der Waals surface area contributed by atoms with E-state index in [1.54, 1.807) is 25.3 Å². The molecule has 2 N–H and O–H groups in total. The van der Waals surface area contributed by atoms with E-state index in [1.165, 1.54) is 9.58 Å². The van der Waals surface area contributed by atoms with Crippen LogP contribution in [0, 0.1) is 6.92 Å². The summed E-state index contributed by atoms with van der Waals surface area (Å²) in [7, 11) is 0. The minimum Gasteiger partial charge on any atom is -0.448 e. The fourth-order valence-electron chi connectivity index (χ4n) is 3.29. The minimum atomic E-state index is -4.48. The maximum atomic E-state index is 12.9. The number of aliphatic hydroxyl groups excluding tert-OH is 1. The second-order valence-corrected chi connectivity index (χ2v) is 7.51. The number of carbonyl (C=O) groups excluding carboxylic acids is 1. The van der Waals surface area contributed by atoms with Crippen molar-refractivity contribution < 1.29 is 27.8 Å². The number of halogens is 3. The molecule has 0 saturated carbocycles. The molecule has 10 nitrogen and oxygen atoms in total. The van der Waals surface area contributed by atoms with Crippen molar-refractivity contribution in [3.05, 3.63) is 47.8 Å². The Bertz CT molecular complexity index is 1150. The van der Waals surface area contributed by atoms with Crippen molar-refractivity contribution in [2.24, 2.45) is 0 Å². The largest absolute Gasteiger partial charge is 0.448 e. The Morgan fingerprint density at radius 2 is 2.03 bits per heavy atom. The van der Waals surface area contributed by atoms with Crippen molar-refractivity contribution in [2.75, 3.05) is 25.0 Å². The van der Waals surface area contributed by atoms with Gasteiger partial charge < -0.3 is 20.1 Å². The van der Waals surface area contributed by atoms with Crippen LogP contribution < -0.4 is 5.32 Å². The molecule has 0 bridgehead atoms. The van der Waals surface area contributed by atoms with E-state index in [0.29, 0.717) is 30.4 Å². The summed E-state index contributed by atoms with van der Waals surface area (Å²) in [5.41, 5.74) is 0.813. The van der Waals surface area contributed by atoms with Crippen LogP contribution in [0.2, 0.25) is 0 Å². The van der Waals surface area contributed by atoms with Crippen molar-refractivity contribution in [1.82, 2.24) is 29.9 Å². The number of cyclic esters (lactones) is 1. The number of ether oxygens (including phenoxy) is 1. The lowest BCUT2D eigenvalue weighted by atomic mass is 10.2. The Kier molecular flexibility index (Phi) is 6.14. The molecule has 4 heterocycles. The highest BCUT2D eigenvalue weighted by Gasteiger charge is 2.30. The van der Waals surface area contributed by atoms with Gasteiger partial charge in [0.05, 0.1) is 43.2 Å². The number of nitrogens with one attached hydrogen (secondary N) is 1. The zero-order chi connectivity index (χ0) is 23.6. The van der Waals surface area contributed by atoms with Crippen LogP contribution >= 0.6 is 0 Å². The topological polar surface area (TPSA) is 118 Å². The molecule has 0 spiro atoms. The van der Waals surface area contributed by atoms with E-state index in [2.05, 4.69) is 25.6 Å². The van der Waals surface area contributed by atoms with Crippen molar-refractivity contribution in [2.45, 2.75) is 25.7 Å². The Labute approximate surface area is 186 Å². The first-order valence-electron chi connectivity index (χ1n) is 9.96. The Morgan fingerprint density at radius 3 is 2.76 bits per heavy atom. The van der Waals surface area contributed by atoms with Crippen LogP contribution in [0.3, 0.4) is 0 Å². The lowest BCUT2D eigenvalue weighted by Crippen LogP contribution is -2.35. The molecule has 1 aliphatic heterocycles. The van der Waals surface area contributed by atoms with Gasteiger partial charge in [-0.3, -0.25) is 0 Å². The van der Waals surface area contributed by atoms with Gasteiger partial charge in [0.15, 0.2) is 0 Å². The van der Waals surface area contributed by atoms with Gasteiger partial charge in [-0.25, -0.2) is 19.4 Å². The molecule has 3 aromatic heterocycles. The summed E-state index contributed by atoms with van der Waals surface area (Å²) < 4.78 is 45.1. The Hall–Kier alpha value is -3.74. The monoisotopic (exact) mass is 463 g/mol. The van der Waals surface area contributed by atoms with Crippen molar-refractivity contribution >= 4 is 17.7 Å². The number of hydrogen-bond donors (Lipinski definition) is 2. The fourth-order valence-corrected chi connectivity index (χ4v) is 3.29. The van der Waals surface area contributed by atoms with Gasteiger partial charge >= 0.3 is 12.3 Å². The molecule has 1 fully saturated rings. The third kappa shape index (κ3) is 5.55. The number of aryl methyl sites for hydroxylation is 1. The zero-order valence-electron chi connectivity index (χ0n) is 17.5. The first kappa shape index (κ1) is 22.5. The number of pyridine rings is 2. The van der Waals surface area contributed by atoms with Crippen LogP contribution in [0.25, 0.3) is 11.4 Å². The summed E-state index contributed by atoms with van der Waals surface area (Å²) in [6, 6.07) is 5.20. The highest BCUT2D eigenvalue weighted by atomic mass is 19.4. The van der Waals surface area contributed by atoms with E-state index in [1.807, 2.05) is 0 Å². The summed E-state index contributed by atoms with van der Waals surface area (Å²) >= 11 is 0. The van der Waals surface area contributed by atoms with Gasteiger partial charge in [0.25, 0.3) is 0 Å². The predicted octanol–water partition coefficient (Wildman–Crippen LogP) is 2.62. The average molecular weight is 463 g/mol. The molecule has 3 aromatic rings. The maximum Gasteiger partial charge on any atom is 0.416 e. The molecule has 1 unspecified atom stereocenters. The van der Waals surface area contributed by atoms with E-state index in [4.69, 9.17) is 4.74 Å². The quantitative estimate of drug-likeness (QED) is 0.549. The lowest BCUT2D eigenvalue weighted by molar-refractivity contribution is -0.137. The van der Waals surface area contributed by atoms with E-state index in [0.717, 1.165) is 23.9 Å². The predicted molar refractivity (Wildman–Crippen MR) is 109 cm³/mol. The molecule has 1 saturated heterocycles. The summed E-state index contributed by atoms with van der Waals surface area (Å²) in [6.07, 6.45) is -3.17. The minimum absolute atomic E-state index is 0.00101. The maximum absolute atomic E-state index is 12.9. The SMILES string of the molecule is Cc1cc(Nc2cc(C(F)(F)F)ccn2)nc(-c2cn(CC(O)CN3CCOC3=O)nn2)c1. The van der Waals surface area contributed by atoms with E-state index in [9.17, 15) is 23.1 Å². The molecule has 1 aliphatic rings. The van der Waals surface area contributed by atoms with Crippen molar-refractivity contribution in [1.29, 1.82) is 0 Å². The van der Waals surface area contributed by atoms with Gasteiger partial charge in [0.2, 0.25) is 0 Å². The number of carbonyl (C=O) groups is 1. The van der Waals surface area contributed by atoms with Crippen LogP contribution in [0.1, 0.15) is 11.1 Å². The zero-order valence-corrected chi connectivity index (χ0v) is 17.5. The molecular formula is C20H20F3N7O3. The highest BCUT2D eigenvalue weighted by Crippen LogP contribution is 2.30. The van der Waals surface area contributed by atoms with Crippen LogP contribution in [0.15, 0.2) is 36.7 Å². The Balaban J connectivity index is 1.47. The molecule has 174 valence electrons.